The molecule has 0 aliphatic heterocycles. The van der Waals surface area contributed by atoms with Crippen molar-refractivity contribution in [2.45, 2.75) is 69.4 Å². The first-order valence-corrected chi connectivity index (χ1v) is 7.53. The highest BCUT2D eigenvalue weighted by atomic mass is 15.1. The fourth-order valence-electron chi connectivity index (χ4n) is 3.60. The van der Waals surface area contributed by atoms with Crippen LogP contribution in [0.5, 0.6) is 0 Å². The summed E-state index contributed by atoms with van der Waals surface area (Å²) in [5.74, 6) is 0.907. The van der Waals surface area contributed by atoms with E-state index in [0.717, 1.165) is 31.6 Å². The first kappa shape index (κ1) is 13.8. The predicted octanol–water partition coefficient (Wildman–Crippen LogP) is 2.66. The molecule has 0 aromatic rings. The summed E-state index contributed by atoms with van der Waals surface area (Å²) in [5, 5.41) is 9.05. The molecule has 3 nitrogen and oxygen atoms in total. The van der Waals surface area contributed by atoms with Crippen molar-refractivity contribution in [2.75, 3.05) is 13.6 Å². The first-order chi connectivity index (χ1) is 8.63. The Morgan fingerprint density at radius 1 is 1.17 bits per heavy atom. The molecular weight excluding hydrogens is 222 g/mol. The fraction of sp³-hybridized carbons (Fsp3) is 0.933. The highest BCUT2D eigenvalue weighted by molar-refractivity contribution is 5.07. The molecule has 2 rings (SSSR count). The molecule has 2 fully saturated rings. The molecular formula is C15H27N3. The van der Waals surface area contributed by atoms with Gasteiger partial charge in [0.25, 0.3) is 0 Å². The van der Waals surface area contributed by atoms with Crippen molar-refractivity contribution in [3.05, 3.63) is 0 Å². The van der Waals surface area contributed by atoms with E-state index in [4.69, 9.17) is 11.0 Å². The summed E-state index contributed by atoms with van der Waals surface area (Å²) in [6.07, 6.45) is 11.0. The van der Waals surface area contributed by atoms with Crippen LogP contribution < -0.4 is 5.73 Å². The van der Waals surface area contributed by atoms with E-state index in [2.05, 4.69) is 18.0 Å². The predicted molar refractivity (Wildman–Crippen MR) is 74.0 cm³/mol. The minimum atomic E-state index is -0.540. The minimum absolute atomic E-state index is 0.540. The van der Waals surface area contributed by atoms with Crippen LogP contribution in [-0.2, 0) is 0 Å². The third kappa shape index (κ3) is 3.46. The molecule has 0 unspecified atom stereocenters. The quantitative estimate of drug-likeness (QED) is 0.836. The van der Waals surface area contributed by atoms with Gasteiger partial charge < -0.3 is 10.6 Å². The van der Waals surface area contributed by atoms with Crippen LogP contribution in [0.1, 0.15) is 57.8 Å². The number of nitriles is 1. The molecule has 3 heteroatoms. The van der Waals surface area contributed by atoms with E-state index in [0.29, 0.717) is 6.04 Å². The van der Waals surface area contributed by atoms with Gasteiger partial charge in [-0.15, -0.1) is 0 Å². The second kappa shape index (κ2) is 6.04. The highest BCUT2D eigenvalue weighted by Crippen LogP contribution is 2.30. The summed E-state index contributed by atoms with van der Waals surface area (Å²) >= 11 is 0. The molecule has 0 radical (unpaired) electrons. The van der Waals surface area contributed by atoms with E-state index in [-0.39, 0.29) is 0 Å². The monoisotopic (exact) mass is 249 g/mol. The topological polar surface area (TPSA) is 53.0 Å². The smallest absolute Gasteiger partial charge is 0.104 e. The van der Waals surface area contributed by atoms with Crippen molar-refractivity contribution in [3.63, 3.8) is 0 Å². The van der Waals surface area contributed by atoms with Gasteiger partial charge in [0.1, 0.15) is 5.54 Å². The molecule has 18 heavy (non-hydrogen) atoms. The molecule has 0 atom stereocenters. The van der Waals surface area contributed by atoms with Gasteiger partial charge in [0.15, 0.2) is 0 Å². The maximum Gasteiger partial charge on any atom is 0.104 e. The maximum atomic E-state index is 9.05. The molecule has 102 valence electrons. The fourth-order valence-corrected chi connectivity index (χ4v) is 3.60. The van der Waals surface area contributed by atoms with E-state index < -0.39 is 5.54 Å². The standard InChI is InChI=1S/C15H27N3/c1-18(11-13-5-3-2-4-6-13)14-7-9-15(17,12-16)10-8-14/h13-14H,2-11,17H2,1H3. The van der Waals surface area contributed by atoms with E-state index in [9.17, 15) is 0 Å². The Balaban J connectivity index is 1.77. The summed E-state index contributed by atoms with van der Waals surface area (Å²) in [6.45, 7) is 1.24. The van der Waals surface area contributed by atoms with E-state index in [1.807, 2.05) is 0 Å². The number of hydrogen-bond donors (Lipinski definition) is 1. The van der Waals surface area contributed by atoms with Gasteiger partial charge in [-0.25, -0.2) is 0 Å². The number of hydrogen-bond acceptors (Lipinski definition) is 3. The molecule has 2 aliphatic rings. The van der Waals surface area contributed by atoms with Crippen LogP contribution in [0.2, 0.25) is 0 Å². The van der Waals surface area contributed by atoms with Crippen LogP contribution >= 0.6 is 0 Å². The van der Waals surface area contributed by atoms with Crippen molar-refractivity contribution in [3.8, 4) is 6.07 Å². The van der Waals surface area contributed by atoms with E-state index in [1.165, 1.54) is 38.6 Å². The Morgan fingerprint density at radius 2 is 1.78 bits per heavy atom. The molecule has 0 bridgehead atoms. The SMILES string of the molecule is CN(CC1CCCCC1)C1CCC(N)(C#N)CC1. The van der Waals surface area contributed by atoms with Crippen molar-refractivity contribution < 1.29 is 0 Å². The van der Waals surface area contributed by atoms with E-state index >= 15 is 0 Å². The molecule has 0 amide bonds. The Labute approximate surface area is 111 Å². The lowest BCUT2D eigenvalue weighted by Gasteiger charge is -2.38. The highest BCUT2D eigenvalue weighted by Gasteiger charge is 2.33. The van der Waals surface area contributed by atoms with E-state index in [1.54, 1.807) is 0 Å². The summed E-state index contributed by atoms with van der Waals surface area (Å²) in [5.41, 5.74) is 5.49. The van der Waals surface area contributed by atoms with Gasteiger partial charge in [0.2, 0.25) is 0 Å². The van der Waals surface area contributed by atoms with Gasteiger partial charge in [0, 0.05) is 12.6 Å². The average Bonchev–Trinajstić information content (AvgIpc) is 2.40. The van der Waals surface area contributed by atoms with Crippen LogP contribution in [0.3, 0.4) is 0 Å². The van der Waals surface area contributed by atoms with Gasteiger partial charge in [-0.2, -0.15) is 5.26 Å². The lowest BCUT2D eigenvalue weighted by Crippen LogP contribution is -2.47. The zero-order valence-electron chi connectivity index (χ0n) is 11.7. The van der Waals surface area contributed by atoms with Crippen molar-refractivity contribution in [2.24, 2.45) is 11.7 Å². The van der Waals surface area contributed by atoms with Gasteiger partial charge in [-0.3, -0.25) is 0 Å². The molecule has 0 saturated heterocycles. The third-order valence-electron chi connectivity index (χ3n) is 4.96. The number of nitrogens with zero attached hydrogens (tertiary/aromatic N) is 2. The summed E-state index contributed by atoms with van der Waals surface area (Å²) in [6, 6.07) is 2.93. The Morgan fingerprint density at radius 3 is 2.33 bits per heavy atom. The van der Waals surface area contributed by atoms with Gasteiger partial charge in [-0.1, -0.05) is 19.3 Å². The molecule has 0 aromatic carbocycles. The summed E-state index contributed by atoms with van der Waals surface area (Å²) in [4.78, 5) is 2.53. The second-order valence-corrected chi connectivity index (χ2v) is 6.44. The first-order valence-electron chi connectivity index (χ1n) is 7.53. The molecule has 0 spiro atoms. The summed E-state index contributed by atoms with van der Waals surface area (Å²) < 4.78 is 0. The van der Waals surface area contributed by atoms with Crippen LogP contribution in [0.15, 0.2) is 0 Å². The normalized spacial score (nSPS) is 34.4. The van der Waals surface area contributed by atoms with Crippen LogP contribution in [0.4, 0.5) is 0 Å². The Kier molecular flexibility index (Phi) is 4.64. The molecule has 2 saturated carbocycles. The second-order valence-electron chi connectivity index (χ2n) is 6.44. The van der Waals surface area contributed by atoms with Gasteiger partial charge in [0.05, 0.1) is 6.07 Å². The zero-order chi connectivity index (χ0) is 13.0. The van der Waals surface area contributed by atoms with Gasteiger partial charge in [-0.05, 0) is 51.5 Å². The lowest BCUT2D eigenvalue weighted by molar-refractivity contribution is 0.135. The Hall–Kier alpha value is -0.590. The largest absolute Gasteiger partial charge is 0.313 e. The molecule has 0 heterocycles. The van der Waals surface area contributed by atoms with Crippen molar-refractivity contribution in [1.29, 1.82) is 5.26 Å². The number of rotatable bonds is 3. The molecule has 2 N–H and O–H groups in total. The number of nitrogens with two attached hydrogens (primary N) is 1. The van der Waals surface area contributed by atoms with Crippen molar-refractivity contribution in [1.82, 2.24) is 4.90 Å². The molecule has 0 aromatic heterocycles. The average molecular weight is 249 g/mol. The van der Waals surface area contributed by atoms with Gasteiger partial charge >= 0.3 is 0 Å². The maximum absolute atomic E-state index is 9.05. The molecule has 2 aliphatic carbocycles. The van der Waals surface area contributed by atoms with Crippen LogP contribution in [0.25, 0.3) is 0 Å². The zero-order valence-corrected chi connectivity index (χ0v) is 11.7. The Bertz CT molecular complexity index is 293. The third-order valence-corrected chi connectivity index (χ3v) is 4.96. The van der Waals surface area contributed by atoms with Crippen LogP contribution in [-0.4, -0.2) is 30.1 Å². The van der Waals surface area contributed by atoms with Crippen LogP contribution in [0, 0.1) is 17.2 Å². The van der Waals surface area contributed by atoms with Crippen molar-refractivity contribution >= 4 is 0 Å². The summed E-state index contributed by atoms with van der Waals surface area (Å²) in [7, 11) is 2.26. The lowest BCUT2D eigenvalue weighted by atomic mass is 9.80. The minimum Gasteiger partial charge on any atom is -0.313 e.